The quantitative estimate of drug-likeness (QED) is 0.744. The number of likely N-dealkylation sites (tertiary alicyclic amines) is 1. The molecule has 1 aromatic carbocycles. The number of hydrogen-bond donors (Lipinski definition) is 1. The molecule has 1 aromatic rings. The molecule has 0 atom stereocenters. The Hall–Kier alpha value is -2.52. The summed E-state index contributed by atoms with van der Waals surface area (Å²) in [7, 11) is 0. The number of benzene rings is 1. The Morgan fingerprint density at radius 3 is 2.53 bits per heavy atom. The molecule has 0 radical (unpaired) electrons. The molecule has 4 rings (SSSR count). The Morgan fingerprint density at radius 2 is 1.97 bits per heavy atom. The number of ether oxygens (including phenoxy) is 2. The van der Waals surface area contributed by atoms with Crippen LogP contribution >= 0.6 is 0 Å². The fourth-order valence-corrected chi connectivity index (χ4v) is 4.35. The highest BCUT2D eigenvalue weighted by Gasteiger charge is 2.53. The number of nitrogens with zero attached hydrogens (tertiary/aromatic N) is 1. The van der Waals surface area contributed by atoms with Crippen molar-refractivity contribution in [3.05, 3.63) is 29.6 Å². The second-order valence-corrected chi connectivity index (χ2v) is 8.31. The van der Waals surface area contributed by atoms with E-state index in [4.69, 9.17) is 9.47 Å². The molecule has 30 heavy (non-hydrogen) atoms. The van der Waals surface area contributed by atoms with Gasteiger partial charge in [0.15, 0.2) is 11.6 Å². The van der Waals surface area contributed by atoms with E-state index in [9.17, 15) is 27.2 Å². The number of piperidine rings is 1. The Labute approximate surface area is 170 Å². The number of cyclic esters (lactones) is 1. The average Bonchev–Trinajstić information content (AvgIpc) is 3.07. The topological polar surface area (TPSA) is 67.9 Å². The molecule has 2 heterocycles. The second kappa shape index (κ2) is 7.63. The standard InChI is InChI=1S/C20H22F4N2O4/c21-15-7-14(20(22,23)24)1-2-16(15)29-10-12-3-5-26(6-4-12)17(27)13-8-19(9-13)11-30-18(28)25-19/h1-2,7,12-13H,3-6,8-11H2,(H,25,28)/t13-,19+. The van der Waals surface area contributed by atoms with Crippen LogP contribution in [0.15, 0.2) is 18.2 Å². The third-order valence-electron chi connectivity index (χ3n) is 6.13. The van der Waals surface area contributed by atoms with Gasteiger partial charge in [-0.05, 0) is 49.8 Å². The van der Waals surface area contributed by atoms with Crippen LogP contribution in [0, 0.1) is 17.7 Å². The summed E-state index contributed by atoms with van der Waals surface area (Å²) in [6, 6.07) is 2.22. The van der Waals surface area contributed by atoms with Crippen LogP contribution in [0.2, 0.25) is 0 Å². The minimum Gasteiger partial charge on any atom is -0.490 e. The molecule has 3 aliphatic rings. The number of hydrogen-bond acceptors (Lipinski definition) is 4. The van der Waals surface area contributed by atoms with Crippen molar-refractivity contribution >= 4 is 12.0 Å². The maximum atomic E-state index is 13.9. The van der Waals surface area contributed by atoms with Crippen molar-refractivity contribution in [2.45, 2.75) is 37.4 Å². The molecule has 164 valence electrons. The smallest absolute Gasteiger partial charge is 0.416 e. The Balaban J connectivity index is 1.22. The molecule has 1 saturated carbocycles. The normalized spacial score (nSPS) is 26.9. The van der Waals surface area contributed by atoms with Crippen LogP contribution in [0.25, 0.3) is 0 Å². The van der Waals surface area contributed by atoms with Crippen molar-refractivity contribution in [2.75, 3.05) is 26.3 Å². The molecule has 3 fully saturated rings. The zero-order valence-corrected chi connectivity index (χ0v) is 16.1. The fraction of sp³-hybridized carbons (Fsp3) is 0.600. The van der Waals surface area contributed by atoms with Crippen LogP contribution in [-0.4, -0.2) is 48.7 Å². The van der Waals surface area contributed by atoms with Gasteiger partial charge in [-0.2, -0.15) is 13.2 Å². The largest absolute Gasteiger partial charge is 0.490 e. The van der Waals surface area contributed by atoms with Gasteiger partial charge in [0.05, 0.1) is 17.7 Å². The van der Waals surface area contributed by atoms with E-state index in [1.165, 1.54) is 0 Å². The first kappa shape index (κ1) is 20.7. The van der Waals surface area contributed by atoms with Crippen molar-refractivity contribution in [1.29, 1.82) is 0 Å². The second-order valence-electron chi connectivity index (χ2n) is 8.31. The van der Waals surface area contributed by atoms with E-state index in [2.05, 4.69) is 5.32 Å². The SMILES string of the molecule is O=C1N[C@]2(CO1)C[C@H](C(=O)N1CCC(COc3ccc(C(F)(F)F)cc3F)CC1)C2. The lowest BCUT2D eigenvalue weighted by atomic mass is 9.68. The fourth-order valence-electron chi connectivity index (χ4n) is 4.35. The molecule has 0 unspecified atom stereocenters. The molecule has 1 spiro atoms. The molecule has 0 aromatic heterocycles. The summed E-state index contributed by atoms with van der Waals surface area (Å²) in [6.45, 7) is 1.58. The zero-order valence-electron chi connectivity index (χ0n) is 16.1. The van der Waals surface area contributed by atoms with E-state index in [1.54, 1.807) is 4.90 Å². The summed E-state index contributed by atoms with van der Waals surface area (Å²) in [4.78, 5) is 25.6. The van der Waals surface area contributed by atoms with E-state index < -0.39 is 29.2 Å². The van der Waals surface area contributed by atoms with Crippen LogP contribution in [0.3, 0.4) is 0 Å². The van der Waals surface area contributed by atoms with Gasteiger partial charge in [-0.1, -0.05) is 0 Å². The molecule has 2 aliphatic heterocycles. The number of alkyl carbamates (subject to hydrolysis) is 1. The van der Waals surface area contributed by atoms with Crippen LogP contribution in [0.5, 0.6) is 5.75 Å². The van der Waals surface area contributed by atoms with Gasteiger partial charge in [-0.15, -0.1) is 0 Å². The molecule has 1 N–H and O–H groups in total. The predicted molar refractivity (Wildman–Crippen MR) is 96.1 cm³/mol. The van der Waals surface area contributed by atoms with Crippen LogP contribution < -0.4 is 10.1 Å². The monoisotopic (exact) mass is 430 g/mol. The van der Waals surface area contributed by atoms with E-state index in [-0.39, 0.29) is 30.1 Å². The summed E-state index contributed by atoms with van der Waals surface area (Å²) in [5.41, 5.74) is -1.45. The van der Waals surface area contributed by atoms with Gasteiger partial charge < -0.3 is 19.7 Å². The zero-order chi connectivity index (χ0) is 21.5. The lowest BCUT2D eigenvalue weighted by Crippen LogP contribution is -2.58. The maximum absolute atomic E-state index is 13.9. The maximum Gasteiger partial charge on any atom is 0.416 e. The van der Waals surface area contributed by atoms with Crippen LogP contribution in [-0.2, 0) is 15.7 Å². The van der Waals surface area contributed by atoms with Gasteiger partial charge in [0.2, 0.25) is 5.91 Å². The molecule has 1 aliphatic carbocycles. The van der Waals surface area contributed by atoms with E-state index >= 15 is 0 Å². The predicted octanol–water partition coefficient (Wildman–Crippen LogP) is 3.35. The van der Waals surface area contributed by atoms with Crippen LogP contribution in [0.1, 0.15) is 31.2 Å². The minimum atomic E-state index is -4.60. The number of amides is 2. The minimum absolute atomic E-state index is 0.0647. The van der Waals surface area contributed by atoms with Crippen molar-refractivity contribution < 1.29 is 36.6 Å². The molecular weight excluding hydrogens is 408 g/mol. The van der Waals surface area contributed by atoms with Gasteiger partial charge in [-0.25, -0.2) is 9.18 Å². The highest BCUT2D eigenvalue weighted by molar-refractivity contribution is 5.81. The summed E-state index contributed by atoms with van der Waals surface area (Å²) in [6.07, 6.45) is -2.54. The molecular formula is C20H22F4N2O4. The molecule has 0 bridgehead atoms. The molecule has 6 nitrogen and oxygen atoms in total. The van der Waals surface area contributed by atoms with E-state index in [0.717, 1.165) is 12.1 Å². The molecule has 2 amide bonds. The highest BCUT2D eigenvalue weighted by Crippen LogP contribution is 2.42. The van der Waals surface area contributed by atoms with Crippen molar-refractivity contribution in [3.63, 3.8) is 0 Å². The summed E-state index contributed by atoms with van der Waals surface area (Å²) >= 11 is 0. The van der Waals surface area contributed by atoms with Crippen molar-refractivity contribution in [3.8, 4) is 5.75 Å². The number of alkyl halides is 3. The average molecular weight is 430 g/mol. The first-order chi connectivity index (χ1) is 14.2. The lowest BCUT2D eigenvalue weighted by Gasteiger charge is -2.44. The first-order valence-corrected chi connectivity index (χ1v) is 9.88. The molecule has 2 saturated heterocycles. The number of rotatable bonds is 4. The molecule has 10 heteroatoms. The van der Waals surface area contributed by atoms with Gasteiger partial charge in [-0.3, -0.25) is 4.79 Å². The summed E-state index contributed by atoms with van der Waals surface area (Å²) in [5, 5.41) is 2.77. The Bertz CT molecular complexity index is 831. The van der Waals surface area contributed by atoms with E-state index in [0.29, 0.717) is 51.4 Å². The third-order valence-corrected chi connectivity index (χ3v) is 6.13. The number of carbonyl (C=O) groups excluding carboxylic acids is 2. The Kier molecular flexibility index (Phi) is 5.27. The van der Waals surface area contributed by atoms with Crippen molar-refractivity contribution in [1.82, 2.24) is 10.2 Å². The van der Waals surface area contributed by atoms with Gasteiger partial charge in [0.1, 0.15) is 6.61 Å². The summed E-state index contributed by atoms with van der Waals surface area (Å²) in [5.74, 6) is -1.22. The van der Waals surface area contributed by atoms with Gasteiger partial charge in [0, 0.05) is 19.0 Å². The van der Waals surface area contributed by atoms with Crippen molar-refractivity contribution in [2.24, 2.45) is 11.8 Å². The lowest BCUT2D eigenvalue weighted by molar-refractivity contribution is -0.142. The van der Waals surface area contributed by atoms with Gasteiger partial charge in [0.25, 0.3) is 0 Å². The Morgan fingerprint density at radius 1 is 1.27 bits per heavy atom. The first-order valence-electron chi connectivity index (χ1n) is 9.88. The number of nitrogens with one attached hydrogen (secondary N) is 1. The van der Waals surface area contributed by atoms with Gasteiger partial charge >= 0.3 is 12.3 Å². The van der Waals surface area contributed by atoms with Crippen LogP contribution in [0.4, 0.5) is 22.4 Å². The summed E-state index contributed by atoms with van der Waals surface area (Å²) < 4.78 is 62.0. The third kappa shape index (κ3) is 4.17. The van der Waals surface area contributed by atoms with E-state index in [1.807, 2.05) is 0 Å². The number of halogens is 4. The highest BCUT2D eigenvalue weighted by atomic mass is 19.4. The number of carbonyl (C=O) groups is 2.